The average Bonchev–Trinajstić information content (AvgIpc) is 3.65. The van der Waals surface area contributed by atoms with Crippen molar-refractivity contribution in [3.63, 3.8) is 0 Å². The Bertz CT molecular complexity index is 1460. The monoisotopic (exact) mass is 605 g/mol. The van der Waals surface area contributed by atoms with Crippen molar-refractivity contribution in [3.8, 4) is 0 Å². The van der Waals surface area contributed by atoms with Gasteiger partial charge in [-0.25, -0.2) is 14.6 Å². The van der Waals surface area contributed by atoms with Gasteiger partial charge in [0.1, 0.15) is 23.9 Å². The van der Waals surface area contributed by atoms with E-state index >= 15 is 0 Å². The maximum absolute atomic E-state index is 14.2. The summed E-state index contributed by atoms with van der Waals surface area (Å²) in [6.45, 7) is 11.4. The van der Waals surface area contributed by atoms with Crippen LogP contribution >= 0.6 is 0 Å². The Morgan fingerprint density at radius 1 is 1.07 bits per heavy atom. The molecule has 3 amide bonds. The van der Waals surface area contributed by atoms with E-state index in [0.717, 1.165) is 12.0 Å². The van der Waals surface area contributed by atoms with E-state index in [9.17, 15) is 19.2 Å². The van der Waals surface area contributed by atoms with Gasteiger partial charge in [-0.15, -0.1) is 0 Å². The lowest BCUT2D eigenvalue weighted by Crippen LogP contribution is -2.48. The van der Waals surface area contributed by atoms with E-state index in [1.54, 1.807) is 51.2 Å². The summed E-state index contributed by atoms with van der Waals surface area (Å²) in [6, 6.07) is 7.94. The normalized spacial score (nSPS) is 17.5. The molecular weight excluding hydrogens is 566 g/mol. The fourth-order valence-electron chi connectivity index (χ4n) is 5.01. The topological polar surface area (TPSA) is 144 Å². The summed E-state index contributed by atoms with van der Waals surface area (Å²) in [5, 5.41) is 2.96. The first-order chi connectivity index (χ1) is 20.7. The Kier molecular flexibility index (Phi) is 9.41. The third kappa shape index (κ3) is 7.42. The summed E-state index contributed by atoms with van der Waals surface area (Å²) in [5.74, 6) is -1.74. The van der Waals surface area contributed by atoms with Crippen LogP contribution in [0.3, 0.4) is 0 Å². The first kappa shape index (κ1) is 32.2. The zero-order valence-corrected chi connectivity index (χ0v) is 26.1. The van der Waals surface area contributed by atoms with Crippen molar-refractivity contribution in [2.45, 2.75) is 77.1 Å². The number of nitrogens with zero attached hydrogens (tertiary/aromatic N) is 4. The second-order valence-electron chi connectivity index (χ2n) is 12.6. The number of ether oxygens (including phenoxy) is 2. The zero-order valence-electron chi connectivity index (χ0n) is 26.1. The molecule has 3 aromatic rings. The Morgan fingerprint density at radius 3 is 2.32 bits per heavy atom. The molecule has 1 aromatic carbocycles. The van der Waals surface area contributed by atoms with Crippen LogP contribution < -0.4 is 10.2 Å². The number of esters is 1. The minimum atomic E-state index is -1.19. The number of oxazole rings is 1. The van der Waals surface area contributed by atoms with Crippen LogP contribution in [0.1, 0.15) is 75.6 Å². The number of anilines is 1. The fourth-order valence-corrected chi connectivity index (χ4v) is 5.01. The molecule has 1 N–H and O–H groups in total. The van der Waals surface area contributed by atoms with Crippen LogP contribution in [0.4, 0.5) is 10.5 Å². The molecule has 2 aromatic heterocycles. The number of carbonyl (C=O) groups excluding carboxylic acids is 4. The SMILES string of the molecule is COC(=O)[C@H]1C[C@@H](NC(=O)C(c2cccnc2)N(C(=O)c2cocn2)c2ccc(C(C)(C)C)cc2)CN1C(=O)OC(C)(C)C. The van der Waals surface area contributed by atoms with Gasteiger partial charge in [-0.1, -0.05) is 39.0 Å². The molecule has 0 radical (unpaired) electrons. The fraction of sp³-hybridized carbons (Fsp3) is 0.438. The number of pyridine rings is 1. The average molecular weight is 606 g/mol. The van der Waals surface area contributed by atoms with E-state index < -0.39 is 47.6 Å². The maximum atomic E-state index is 14.2. The number of hydrogen-bond acceptors (Lipinski definition) is 9. The van der Waals surface area contributed by atoms with Crippen LogP contribution in [0.5, 0.6) is 0 Å². The van der Waals surface area contributed by atoms with Gasteiger partial charge < -0.3 is 19.2 Å². The van der Waals surface area contributed by atoms with Crippen molar-refractivity contribution >= 4 is 29.6 Å². The molecule has 44 heavy (non-hydrogen) atoms. The van der Waals surface area contributed by atoms with E-state index in [1.807, 2.05) is 12.1 Å². The summed E-state index contributed by atoms with van der Waals surface area (Å²) in [4.78, 5) is 64.7. The van der Waals surface area contributed by atoms with E-state index in [1.165, 1.54) is 29.4 Å². The molecule has 3 atom stereocenters. The zero-order chi connectivity index (χ0) is 32.2. The lowest BCUT2D eigenvalue weighted by atomic mass is 9.87. The number of methoxy groups -OCH3 is 1. The highest BCUT2D eigenvalue weighted by Crippen LogP contribution is 2.32. The number of nitrogens with one attached hydrogen (secondary N) is 1. The minimum absolute atomic E-state index is 0.00229. The summed E-state index contributed by atoms with van der Waals surface area (Å²) in [5.41, 5.74) is 0.999. The van der Waals surface area contributed by atoms with Crippen molar-refractivity contribution < 1.29 is 33.1 Å². The van der Waals surface area contributed by atoms with Crippen LogP contribution in [0.15, 0.2) is 65.9 Å². The molecule has 1 fully saturated rings. The van der Waals surface area contributed by atoms with E-state index in [2.05, 4.69) is 36.1 Å². The molecule has 0 spiro atoms. The van der Waals surface area contributed by atoms with Gasteiger partial charge >= 0.3 is 12.1 Å². The Labute approximate surface area is 256 Å². The van der Waals surface area contributed by atoms with E-state index in [-0.39, 0.29) is 24.1 Å². The molecular formula is C32H39N5O7. The van der Waals surface area contributed by atoms with Gasteiger partial charge in [0, 0.05) is 42.7 Å². The molecule has 1 saturated heterocycles. The lowest BCUT2D eigenvalue weighted by molar-refractivity contribution is -0.145. The standard InChI is InChI=1S/C32H39N5O7/c1-31(2,3)21-10-12-23(13-11-21)37(28(39)24-18-43-19-34-24)26(20-9-8-14-33-16-20)27(38)35-22-15-25(29(40)42-7)36(17-22)30(41)44-32(4,5)6/h8-14,16,18-19,22,25-26H,15,17H2,1-7H3,(H,35,38)/t22-,25-,26?/m1/s1. The van der Waals surface area contributed by atoms with Crippen LogP contribution in [0.25, 0.3) is 0 Å². The number of aromatic nitrogens is 2. The number of rotatable bonds is 7. The maximum Gasteiger partial charge on any atom is 0.411 e. The quantitative estimate of drug-likeness (QED) is 0.387. The van der Waals surface area contributed by atoms with Crippen LogP contribution in [0.2, 0.25) is 0 Å². The number of amides is 3. The third-order valence-electron chi connectivity index (χ3n) is 7.14. The first-order valence-electron chi connectivity index (χ1n) is 14.3. The van der Waals surface area contributed by atoms with Crippen molar-refractivity contribution in [1.82, 2.24) is 20.2 Å². The molecule has 0 saturated carbocycles. The second-order valence-corrected chi connectivity index (χ2v) is 12.6. The highest BCUT2D eigenvalue weighted by molar-refractivity contribution is 6.09. The van der Waals surface area contributed by atoms with Gasteiger partial charge in [0.2, 0.25) is 5.91 Å². The summed E-state index contributed by atoms with van der Waals surface area (Å²) in [6.07, 6.45) is 4.83. The molecule has 0 aliphatic carbocycles. The smallest absolute Gasteiger partial charge is 0.411 e. The molecule has 1 unspecified atom stereocenters. The molecule has 4 rings (SSSR count). The minimum Gasteiger partial charge on any atom is -0.467 e. The lowest BCUT2D eigenvalue weighted by Gasteiger charge is -2.32. The molecule has 12 heteroatoms. The van der Waals surface area contributed by atoms with Gasteiger partial charge in [-0.3, -0.25) is 24.4 Å². The summed E-state index contributed by atoms with van der Waals surface area (Å²) >= 11 is 0. The molecule has 12 nitrogen and oxygen atoms in total. The molecule has 0 bridgehead atoms. The van der Waals surface area contributed by atoms with Crippen LogP contribution in [-0.4, -0.2) is 70.1 Å². The highest BCUT2D eigenvalue weighted by atomic mass is 16.6. The second kappa shape index (κ2) is 12.9. The van der Waals surface area contributed by atoms with Gasteiger partial charge in [-0.2, -0.15) is 0 Å². The molecule has 234 valence electrons. The van der Waals surface area contributed by atoms with Crippen LogP contribution in [0, 0.1) is 0 Å². The van der Waals surface area contributed by atoms with E-state index in [0.29, 0.717) is 11.3 Å². The van der Waals surface area contributed by atoms with Crippen molar-refractivity contribution in [2.24, 2.45) is 0 Å². The highest BCUT2D eigenvalue weighted by Gasteiger charge is 2.44. The Hall–Kier alpha value is -4.74. The summed E-state index contributed by atoms with van der Waals surface area (Å²) in [7, 11) is 1.23. The Morgan fingerprint density at radius 2 is 1.77 bits per heavy atom. The van der Waals surface area contributed by atoms with Gasteiger partial charge in [0.25, 0.3) is 5.91 Å². The Balaban J connectivity index is 1.72. The van der Waals surface area contributed by atoms with Gasteiger partial charge in [0.05, 0.1) is 7.11 Å². The largest absolute Gasteiger partial charge is 0.467 e. The van der Waals surface area contributed by atoms with E-state index in [4.69, 9.17) is 13.9 Å². The number of likely N-dealkylation sites (tertiary alicyclic amines) is 1. The van der Waals surface area contributed by atoms with Gasteiger partial charge in [-0.05, 0) is 49.9 Å². The van der Waals surface area contributed by atoms with Crippen molar-refractivity contribution in [3.05, 3.63) is 78.3 Å². The third-order valence-corrected chi connectivity index (χ3v) is 7.14. The number of hydrogen-bond donors (Lipinski definition) is 1. The predicted octanol–water partition coefficient (Wildman–Crippen LogP) is 4.42. The van der Waals surface area contributed by atoms with Crippen LogP contribution in [-0.2, 0) is 24.5 Å². The predicted molar refractivity (Wildman–Crippen MR) is 161 cm³/mol. The molecule has 1 aliphatic heterocycles. The first-order valence-corrected chi connectivity index (χ1v) is 14.3. The van der Waals surface area contributed by atoms with Crippen molar-refractivity contribution in [1.29, 1.82) is 0 Å². The number of benzene rings is 1. The van der Waals surface area contributed by atoms with Gasteiger partial charge in [0.15, 0.2) is 12.1 Å². The molecule has 1 aliphatic rings. The number of carbonyl (C=O) groups is 4. The van der Waals surface area contributed by atoms with Crippen molar-refractivity contribution in [2.75, 3.05) is 18.6 Å². The summed E-state index contributed by atoms with van der Waals surface area (Å²) < 4.78 is 15.5. The molecule has 3 heterocycles.